The third-order valence-electron chi connectivity index (χ3n) is 8.24. The Labute approximate surface area is 203 Å². The van der Waals surface area contributed by atoms with E-state index in [2.05, 4.69) is 45.9 Å². The highest BCUT2D eigenvalue weighted by Crippen LogP contribution is 2.44. The number of aryl methyl sites for hydroxylation is 1. The molecule has 0 saturated carbocycles. The van der Waals surface area contributed by atoms with Crippen molar-refractivity contribution in [2.75, 3.05) is 26.2 Å². The Balaban J connectivity index is 1.15. The predicted molar refractivity (Wildman–Crippen MR) is 134 cm³/mol. The van der Waals surface area contributed by atoms with E-state index in [4.69, 9.17) is 0 Å². The van der Waals surface area contributed by atoms with Crippen LogP contribution < -0.4 is 10.6 Å². The van der Waals surface area contributed by atoms with Crippen LogP contribution in [0.25, 0.3) is 0 Å². The Hall–Kier alpha value is -2.66. The largest absolute Gasteiger partial charge is 0.352 e. The lowest BCUT2D eigenvalue weighted by molar-refractivity contribution is -0.132. The van der Waals surface area contributed by atoms with E-state index >= 15 is 0 Å². The zero-order chi connectivity index (χ0) is 23.4. The second-order valence-electron chi connectivity index (χ2n) is 10.4. The van der Waals surface area contributed by atoms with E-state index in [1.54, 1.807) is 0 Å². The maximum Gasteiger partial charge on any atom is 0.226 e. The number of benzene rings is 2. The number of nitrogens with one attached hydrogen (secondary N) is 2. The van der Waals surface area contributed by atoms with Crippen LogP contribution >= 0.6 is 0 Å². The van der Waals surface area contributed by atoms with E-state index in [9.17, 15) is 9.59 Å². The van der Waals surface area contributed by atoms with Crippen LogP contribution in [0.4, 0.5) is 0 Å². The summed E-state index contributed by atoms with van der Waals surface area (Å²) in [6, 6.07) is 17.1. The molecular formula is C29H37N3O2. The number of hydrogen-bond donors (Lipinski definition) is 2. The van der Waals surface area contributed by atoms with Gasteiger partial charge in [-0.1, -0.05) is 48.5 Å². The molecule has 180 valence electrons. The van der Waals surface area contributed by atoms with Crippen LogP contribution in [0.5, 0.6) is 0 Å². The second-order valence-corrected chi connectivity index (χ2v) is 10.4. The van der Waals surface area contributed by atoms with Crippen molar-refractivity contribution >= 4 is 11.8 Å². The zero-order valence-electron chi connectivity index (χ0n) is 20.2. The highest BCUT2D eigenvalue weighted by atomic mass is 16.2. The lowest BCUT2D eigenvalue weighted by atomic mass is 9.65. The summed E-state index contributed by atoms with van der Waals surface area (Å²) in [6.45, 7) is 3.98. The fourth-order valence-electron chi connectivity index (χ4n) is 6.26. The van der Waals surface area contributed by atoms with Crippen LogP contribution in [0.3, 0.4) is 0 Å². The molecule has 2 fully saturated rings. The second kappa shape index (κ2) is 10.3. The van der Waals surface area contributed by atoms with Gasteiger partial charge in [-0.25, -0.2) is 0 Å². The van der Waals surface area contributed by atoms with Crippen LogP contribution in [0.15, 0.2) is 48.5 Å². The SMILES string of the molecule is O=C(NCc1cccc(CC(=O)N2CCC3(CCCc4ccccc43)CC2)c1)C1CCCNC1. The molecule has 1 spiro atoms. The maximum atomic E-state index is 13.1. The Bertz CT molecular complexity index is 1020. The van der Waals surface area contributed by atoms with Gasteiger partial charge in [0.05, 0.1) is 12.3 Å². The molecule has 2 aromatic carbocycles. The molecule has 2 heterocycles. The molecule has 5 rings (SSSR count). The fraction of sp³-hybridized carbons (Fsp3) is 0.517. The number of carbonyl (C=O) groups excluding carboxylic acids is 2. The Morgan fingerprint density at radius 2 is 1.82 bits per heavy atom. The summed E-state index contributed by atoms with van der Waals surface area (Å²) >= 11 is 0. The molecule has 2 amide bonds. The first-order valence-corrected chi connectivity index (χ1v) is 13.1. The monoisotopic (exact) mass is 459 g/mol. The van der Waals surface area contributed by atoms with E-state index in [0.717, 1.165) is 63.0 Å². The molecule has 2 aromatic rings. The van der Waals surface area contributed by atoms with Gasteiger partial charge >= 0.3 is 0 Å². The molecule has 2 saturated heterocycles. The van der Waals surface area contributed by atoms with Crippen molar-refractivity contribution in [2.24, 2.45) is 5.92 Å². The third kappa shape index (κ3) is 5.05. The summed E-state index contributed by atoms with van der Waals surface area (Å²) in [5.74, 6) is 0.408. The Kier molecular flexibility index (Phi) is 7.00. The smallest absolute Gasteiger partial charge is 0.226 e. The minimum absolute atomic E-state index is 0.0667. The van der Waals surface area contributed by atoms with Crippen molar-refractivity contribution in [3.63, 3.8) is 0 Å². The highest BCUT2D eigenvalue weighted by molar-refractivity contribution is 5.79. The van der Waals surface area contributed by atoms with Gasteiger partial charge in [-0.05, 0) is 79.2 Å². The van der Waals surface area contributed by atoms with Crippen molar-refractivity contribution in [2.45, 2.75) is 63.3 Å². The minimum Gasteiger partial charge on any atom is -0.352 e. The van der Waals surface area contributed by atoms with E-state index in [-0.39, 0.29) is 23.1 Å². The van der Waals surface area contributed by atoms with Crippen molar-refractivity contribution < 1.29 is 9.59 Å². The zero-order valence-corrected chi connectivity index (χ0v) is 20.2. The molecule has 34 heavy (non-hydrogen) atoms. The molecule has 1 aliphatic carbocycles. The van der Waals surface area contributed by atoms with Crippen LogP contribution in [0, 0.1) is 5.92 Å². The number of amides is 2. The van der Waals surface area contributed by atoms with Gasteiger partial charge in [0, 0.05) is 26.2 Å². The number of nitrogens with zero attached hydrogens (tertiary/aromatic N) is 1. The van der Waals surface area contributed by atoms with Crippen molar-refractivity contribution in [1.82, 2.24) is 15.5 Å². The number of likely N-dealkylation sites (tertiary alicyclic amines) is 1. The summed E-state index contributed by atoms with van der Waals surface area (Å²) in [4.78, 5) is 27.6. The van der Waals surface area contributed by atoms with E-state index in [0.29, 0.717) is 13.0 Å². The quantitative estimate of drug-likeness (QED) is 0.716. The maximum absolute atomic E-state index is 13.1. The molecule has 1 atom stereocenters. The standard InChI is InChI=1S/C29H37N3O2/c33-27(32-16-13-29(14-17-32)12-4-9-24-8-1-2-11-26(24)29)19-22-6-3-7-23(18-22)20-31-28(34)25-10-5-15-30-21-25/h1-3,6-8,11,18,25,30H,4-5,9-10,12-17,19-21H2,(H,31,34). The first-order valence-electron chi connectivity index (χ1n) is 13.1. The van der Waals surface area contributed by atoms with Gasteiger partial charge in [-0.15, -0.1) is 0 Å². The van der Waals surface area contributed by atoms with E-state index in [1.807, 2.05) is 18.2 Å². The summed E-state index contributed by atoms with van der Waals surface area (Å²) in [5, 5.41) is 6.38. The average Bonchev–Trinajstić information content (AvgIpc) is 2.89. The first-order chi connectivity index (χ1) is 16.6. The Morgan fingerprint density at radius 1 is 1.00 bits per heavy atom. The third-order valence-corrected chi connectivity index (χ3v) is 8.24. The first kappa shape index (κ1) is 23.1. The topological polar surface area (TPSA) is 61.4 Å². The van der Waals surface area contributed by atoms with Gasteiger partial charge in [0.1, 0.15) is 0 Å². The molecule has 2 aliphatic heterocycles. The van der Waals surface area contributed by atoms with Gasteiger partial charge in [-0.3, -0.25) is 9.59 Å². The molecular weight excluding hydrogens is 422 g/mol. The van der Waals surface area contributed by atoms with E-state index < -0.39 is 0 Å². The number of carbonyl (C=O) groups is 2. The van der Waals surface area contributed by atoms with Crippen LogP contribution in [0.1, 0.15) is 60.8 Å². The van der Waals surface area contributed by atoms with Gasteiger partial charge in [0.25, 0.3) is 0 Å². The normalized spacial score (nSPS) is 21.6. The summed E-state index contributed by atoms with van der Waals surface area (Å²) in [6.07, 6.45) is 8.26. The lowest BCUT2D eigenvalue weighted by Crippen LogP contribution is -2.46. The van der Waals surface area contributed by atoms with Gasteiger partial charge in [0.15, 0.2) is 0 Å². The Morgan fingerprint density at radius 3 is 2.65 bits per heavy atom. The van der Waals surface area contributed by atoms with Crippen molar-refractivity contribution in [3.05, 3.63) is 70.8 Å². The lowest BCUT2D eigenvalue weighted by Gasteiger charge is -2.45. The highest BCUT2D eigenvalue weighted by Gasteiger charge is 2.39. The van der Waals surface area contributed by atoms with Crippen molar-refractivity contribution in [1.29, 1.82) is 0 Å². The molecule has 0 aromatic heterocycles. The average molecular weight is 460 g/mol. The minimum atomic E-state index is 0.0667. The van der Waals surface area contributed by atoms with Crippen molar-refractivity contribution in [3.8, 4) is 0 Å². The van der Waals surface area contributed by atoms with Crippen LogP contribution in [0.2, 0.25) is 0 Å². The van der Waals surface area contributed by atoms with Gasteiger partial charge < -0.3 is 15.5 Å². The predicted octanol–water partition coefficient (Wildman–Crippen LogP) is 3.74. The molecule has 5 heteroatoms. The van der Waals surface area contributed by atoms with Crippen LogP contribution in [-0.4, -0.2) is 42.9 Å². The number of rotatable bonds is 5. The summed E-state index contributed by atoms with van der Waals surface area (Å²) < 4.78 is 0. The molecule has 2 N–H and O–H groups in total. The summed E-state index contributed by atoms with van der Waals surface area (Å²) in [5.41, 5.74) is 5.39. The summed E-state index contributed by atoms with van der Waals surface area (Å²) in [7, 11) is 0. The number of hydrogen-bond acceptors (Lipinski definition) is 3. The van der Waals surface area contributed by atoms with Gasteiger partial charge in [-0.2, -0.15) is 0 Å². The number of piperidine rings is 2. The van der Waals surface area contributed by atoms with E-state index in [1.165, 1.54) is 30.4 Å². The molecule has 0 bridgehead atoms. The molecule has 0 radical (unpaired) electrons. The molecule has 5 nitrogen and oxygen atoms in total. The van der Waals surface area contributed by atoms with Crippen LogP contribution in [-0.2, 0) is 34.4 Å². The fourth-order valence-corrected chi connectivity index (χ4v) is 6.26. The molecule has 3 aliphatic rings. The van der Waals surface area contributed by atoms with Gasteiger partial charge in [0.2, 0.25) is 11.8 Å². The molecule has 1 unspecified atom stereocenters. The number of fused-ring (bicyclic) bond motifs is 2.